The number of benzene rings is 1. The van der Waals surface area contributed by atoms with E-state index in [1.165, 1.54) is 16.8 Å². The van der Waals surface area contributed by atoms with E-state index in [0.717, 1.165) is 12.3 Å². The number of rotatable bonds is 4. The summed E-state index contributed by atoms with van der Waals surface area (Å²) < 4.78 is 62.4. The standard InChI is InChI=1S/C16H19ClFN3O4S2/c1-10-5-11(3-4-27(10,24)25)16-19-15(9-26(2,22)23)20-21(16)14-7-12(17)6-13(18)8-14/h6-8,10-11H,3-5,9H2,1-2H3. The predicted octanol–water partition coefficient (Wildman–Crippen LogP) is 2.29. The van der Waals surface area contributed by atoms with Gasteiger partial charge in [0.25, 0.3) is 0 Å². The second kappa shape index (κ2) is 7.14. The molecule has 2 unspecified atom stereocenters. The Balaban J connectivity index is 2.08. The van der Waals surface area contributed by atoms with Crippen LogP contribution < -0.4 is 0 Å². The maximum atomic E-state index is 13.8. The number of nitrogens with zero attached hydrogens (tertiary/aromatic N) is 3. The van der Waals surface area contributed by atoms with E-state index < -0.39 is 30.7 Å². The maximum Gasteiger partial charge on any atom is 0.166 e. The SMILES string of the molecule is CC1CC(c2nc(CS(C)(=O)=O)nn2-c2cc(F)cc(Cl)c2)CCS1(=O)=O. The third-order valence-corrected chi connectivity index (χ3v) is 7.73. The first-order valence-corrected chi connectivity index (χ1v) is 12.4. The zero-order chi connectivity index (χ0) is 20.0. The third kappa shape index (κ3) is 4.67. The van der Waals surface area contributed by atoms with Gasteiger partial charge < -0.3 is 0 Å². The Morgan fingerprint density at radius 3 is 2.63 bits per heavy atom. The lowest BCUT2D eigenvalue weighted by molar-refractivity contribution is 0.495. The van der Waals surface area contributed by atoms with Crippen LogP contribution in [0.25, 0.3) is 5.69 Å². The Morgan fingerprint density at radius 1 is 1.33 bits per heavy atom. The van der Waals surface area contributed by atoms with Crippen LogP contribution in [0.2, 0.25) is 5.02 Å². The molecule has 1 aromatic heterocycles. The zero-order valence-electron chi connectivity index (χ0n) is 14.8. The van der Waals surface area contributed by atoms with Crippen molar-refractivity contribution in [2.24, 2.45) is 0 Å². The molecule has 1 saturated heterocycles. The molecule has 3 rings (SSSR count). The molecular weight excluding hydrogens is 417 g/mol. The number of hydrogen-bond acceptors (Lipinski definition) is 6. The minimum atomic E-state index is -3.37. The van der Waals surface area contributed by atoms with E-state index in [4.69, 9.17) is 11.6 Å². The Kier molecular flexibility index (Phi) is 5.35. The largest absolute Gasteiger partial charge is 0.229 e. The topological polar surface area (TPSA) is 99.0 Å². The average molecular weight is 436 g/mol. The first-order chi connectivity index (χ1) is 12.4. The van der Waals surface area contributed by atoms with E-state index >= 15 is 0 Å². The summed E-state index contributed by atoms with van der Waals surface area (Å²) >= 11 is 5.94. The fraction of sp³-hybridized carbons (Fsp3) is 0.500. The van der Waals surface area contributed by atoms with Crippen molar-refractivity contribution in [1.82, 2.24) is 14.8 Å². The summed E-state index contributed by atoms with van der Waals surface area (Å²) in [5.74, 6) is -0.672. The average Bonchev–Trinajstić information content (AvgIpc) is 2.91. The minimum Gasteiger partial charge on any atom is -0.229 e. The molecule has 0 N–H and O–H groups in total. The molecule has 0 spiro atoms. The summed E-state index contributed by atoms with van der Waals surface area (Å²) in [7, 11) is -6.52. The summed E-state index contributed by atoms with van der Waals surface area (Å²) in [5, 5.41) is 3.85. The van der Waals surface area contributed by atoms with Gasteiger partial charge in [-0.1, -0.05) is 11.6 Å². The predicted molar refractivity (Wildman–Crippen MR) is 100 cm³/mol. The number of hydrogen-bond donors (Lipinski definition) is 0. The highest BCUT2D eigenvalue weighted by molar-refractivity contribution is 7.92. The van der Waals surface area contributed by atoms with E-state index in [2.05, 4.69) is 10.1 Å². The Morgan fingerprint density at radius 2 is 2.04 bits per heavy atom. The first-order valence-electron chi connectivity index (χ1n) is 8.26. The van der Waals surface area contributed by atoms with Crippen molar-refractivity contribution < 1.29 is 21.2 Å². The lowest BCUT2D eigenvalue weighted by Crippen LogP contribution is -2.31. The van der Waals surface area contributed by atoms with Crippen LogP contribution in [-0.2, 0) is 25.4 Å². The van der Waals surface area contributed by atoms with E-state index in [9.17, 15) is 21.2 Å². The molecule has 1 fully saturated rings. The molecule has 0 bridgehead atoms. The van der Waals surface area contributed by atoms with Crippen LogP contribution in [0.1, 0.15) is 37.3 Å². The van der Waals surface area contributed by atoms with Crippen LogP contribution >= 0.6 is 11.6 Å². The van der Waals surface area contributed by atoms with Gasteiger partial charge in [0.1, 0.15) is 17.4 Å². The number of halogens is 2. The smallest absolute Gasteiger partial charge is 0.166 e. The molecule has 0 saturated carbocycles. The van der Waals surface area contributed by atoms with Crippen molar-refractivity contribution in [3.63, 3.8) is 0 Å². The molecule has 0 aliphatic carbocycles. The van der Waals surface area contributed by atoms with E-state index in [0.29, 0.717) is 24.4 Å². The molecule has 7 nitrogen and oxygen atoms in total. The Bertz CT molecular complexity index is 1060. The summed E-state index contributed by atoms with van der Waals surface area (Å²) in [4.78, 5) is 4.35. The van der Waals surface area contributed by atoms with Crippen molar-refractivity contribution in [1.29, 1.82) is 0 Å². The normalized spacial score (nSPS) is 22.7. The van der Waals surface area contributed by atoms with Gasteiger partial charge in [0.05, 0.1) is 16.7 Å². The lowest BCUT2D eigenvalue weighted by Gasteiger charge is -2.26. The van der Waals surface area contributed by atoms with Gasteiger partial charge in [-0.15, -0.1) is 5.10 Å². The van der Waals surface area contributed by atoms with Crippen LogP contribution in [-0.4, -0.2) is 48.9 Å². The van der Waals surface area contributed by atoms with Crippen LogP contribution in [0.15, 0.2) is 18.2 Å². The van der Waals surface area contributed by atoms with E-state index in [1.807, 2.05) is 0 Å². The Hall–Kier alpha value is -1.52. The van der Waals surface area contributed by atoms with Gasteiger partial charge in [0.2, 0.25) is 0 Å². The van der Waals surface area contributed by atoms with Crippen molar-refractivity contribution in [2.45, 2.75) is 36.7 Å². The zero-order valence-corrected chi connectivity index (χ0v) is 17.2. The highest BCUT2D eigenvalue weighted by Gasteiger charge is 2.34. The highest BCUT2D eigenvalue weighted by atomic mass is 35.5. The highest BCUT2D eigenvalue weighted by Crippen LogP contribution is 2.33. The molecule has 0 radical (unpaired) electrons. The summed E-state index contributed by atoms with van der Waals surface area (Å²) in [6.07, 6.45) is 1.75. The summed E-state index contributed by atoms with van der Waals surface area (Å²) in [6, 6.07) is 3.86. The summed E-state index contributed by atoms with van der Waals surface area (Å²) in [5.41, 5.74) is 0.309. The van der Waals surface area contributed by atoms with Gasteiger partial charge in [0.15, 0.2) is 25.5 Å². The molecule has 1 aliphatic heterocycles. The summed E-state index contributed by atoms with van der Waals surface area (Å²) in [6.45, 7) is 1.64. The minimum absolute atomic E-state index is 0.0109. The van der Waals surface area contributed by atoms with Gasteiger partial charge in [-0.2, -0.15) is 0 Å². The van der Waals surface area contributed by atoms with Crippen molar-refractivity contribution in [3.8, 4) is 5.69 Å². The third-order valence-electron chi connectivity index (χ3n) is 4.50. The van der Waals surface area contributed by atoms with Crippen molar-refractivity contribution in [3.05, 3.63) is 40.7 Å². The van der Waals surface area contributed by atoms with Gasteiger partial charge in [-0.25, -0.2) is 30.9 Å². The van der Waals surface area contributed by atoms with E-state index in [1.54, 1.807) is 6.92 Å². The van der Waals surface area contributed by atoms with Crippen molar-refractivity contribution >= 4 is 31.3 Å². The molecule has 0 amide bonds. The molecule has 148 valence electrons. The second-order valence-corrected chi connectivity index (χ2v) is 12.0. The molecule has 1 aliphatic rings. The Labute approximate surface area is 162 Å². The first kappa shape index (κ1) is 20.2. The molecule has 2 heterocycles. The fourth-order valence-electron chi connectivity index (χ4n) is 3.19. The monoisotopic (exact) mass is 435 g/mol. The molecule has 2 atom stereocenters. The quantitative estimate of drug-likeness (QED) is 0.730. The van der Waals surface area contributed by atoms with Crippen LogP contribution in [0.4, 0.5) is 4.39 Å². The molecule has 2 aromatic rings. The van der Waals surface area contributed by atoms with Crippen LogP contribution in [0.3, 0.4) is 0 Å². The molecule has 1 aromatic carbocycles. The molecule has 11 heteroatoms. The molecular formula is C16H19ClFN3O4S2. The fourth-order valence-corrected chi connectivity index (χ4v) is 5.54. The number of aromatic nitrogens is 3. The second-order valence-electron chi connectivity index (χ2n) is 6.89. The van der Waals surface area contributed by atoms with Gasteiger partial charge in [-0.3, -0.25) is 0 Å². The van der Waals surface area contributed by atoms with Gasteiger partial charge in [-0.05, 0) is 38.0 Å². The van der Waals surface area contributed by atoms with Crippen molar-refractivity contribution in [2.75, 3.05) is 12.0 Å². The van der Waals surface area contributed by atoms with E-state index in [-0.39, 0.29) is 28.3 Å². The van der Waals surface area contributed by atoms with Gasteiger partial charge in [0, 0.05) is 17.2 Å². The number of sulfone groups is 2. The molecule has 27 heavy (non-hydrogen) atoms. The maximum absolute atomic E-state index is 13.8. The van der Waals surface area contributed by atoms with Crippen LogP contribution in [0.5, 0.6) is 0 Å². The van der Waals surface area contributed by atoms with Crippen LogP contribution in [0, 0.1) is 5.82 Å². The van der Waals surface area contributed by atoms with Gasteiger partial charge >= 0.3 is 0 Å². The lowest BCUT2D eigenvalue weighted by atomic mass is 9.99.